The van der Waals surface area contributed by atoms with Gasteiger partial charge in [0.05, 0.1) is 10.5 Å². The Morgan fingerprint density at radius 2 is 1.90 bits per heavy atom. The largest absolute Gasteiger partial charge is 0.447 e. The predicted octanol–water partition coefficient (Wildman–Crippen LogP) is 2.82. The van der Waals surface area contributed by atoms with Gasteiger partial charge in [0.1, 0.15) is 0 Å². The van der Waals surface area contributed by atoms with Gasteiger partial charge in [0.25, 0.3) is 5.69 Å². The van der Waals surface area contributed by atoms with Crippen LogP contribution in [-0.2, 0) is 9.53 Å². The van der Waals surface area contributed by atoms with Crippen LogP contribution in [0.5, 0.6) is 0 Å². The highest BCUT2D eigenvalue weighted by Gasteiger charge is 2.39. The van der Waals surface area contributed by atoms with E-state index < -0.39 is 16.5 Å². The Kier molecular flexibility index (Phi) is 4.16. The second-order valence-corrected chi connectivity index (χ2v) is 4.96. The molecule has 1 atom stereocenters. The number of nitro groups is 1. The molecule has 1 aromatic rings. The Labute approximate surface area is 121 Å². The highest BCUT2D eigenvalue weighted by molar-refractivity contribution is 5.94. The molecule has 1 aromatic carbocycles. The van der Waals surface area contributed by atoms with Crippen LogP contribution in [0.1, 0.15) is 36.5 Å². The number of ether oxygens (including phenoxy) is 1. The number of esters is 1. The summed E-state index contributed by atoms with van der Waals surface area (Å²) in [5.41, 5.74) is -1.03. The molecule has 21 heavy (non-hydrogen) atoms. The van der Waals surface area contributed by atoms with Crippen LogP contribution in [0, 0.1) is 10.1 Å². The number of hydrogen-bond donors (Lipinski definition) is 0. The summed E-state index contributed by atoms with van der Waals surface area (Å²) in [4.78, 5) is 34.0. The summed E-state index contributed by atoms with van der Waals surface area (Å²) >= 11 is 0. The van der Waals surface area contributed by atoms with Gasteiger partial charge in [-0.15, -0.1) is 0 Å². The van der Waals surface area contributed by atoms with Crippen molar-refractivity contribution < 1.29 is 19.2 Å². The van der Waals surface area contributed by atoms with Crippen molar-refractivity contribution in [2.75, 3.05) is 0 Å². The molecule has 1 aliphatic carbocycles. The van der Waals surface area contributed by atoms with Gasteiger partial charge in [-0.2, -0.15) is 0 Å². The van der Waals surface area contributed by atoms with Gasteiger partial charge in [0.15, 0.2) is 11.4 Å². The standard InChI is InChI=1S/C15H15NO5/c1-11(17)15(9-3-2-4-10-15)21-14(18)12-5-7-13(8-6-12)16(19)20/h2-3,5-8H,4,9-10H2,1H3. The molecule has 0 saturated heterocycles. The molecule has 0 spiro atoms. The number of Topliss-reactive ketones (excluding diaryl/α,β-unsaturated/α-hetero) is 1. The maximum atomic E-state index is 12.1. The highest BCUT2D eigenvalue weighted by Crippen LogP contribution is 2.30. The Bertz CT molecular complexity index is 605. The number of nitrogens with zero attached hydrogens (tertiary/aromatic N) is 1. The average molecular weight is 289 g/mol. The van der Waals surface area contributed by atoms with Gasteiger partial charge in [-0.1, -0.05) is 12.2 Å². The van der Waals surface area contributed by atoms with E-state index in [2.05, 4.69) is 0 Å². The molecule has 2 rings (SSSR count). The molecule has 1 unspecified atom stereocenters. The zero-order valence-corrected chi connectivity index (χ0v) is 11.6. The van der Waals surface area contributed by atoms with E-state index >= 15 is 0 Å². The quantitative estimate of drug-likeness (QED) is 0.368. The SMILES string of the molecule is CC(=O)C1(OC(=O)c2ccc([N+](=O)[O-])cc2)CC=CCC1. The fourth-order valence-electron chi connectivity index (χ4n) is 2.25. The number of benzene rings is 1. The van der Waals surface area contributed by atoms with E-state index in [1.807, 2.05) is 12.2 Å². The summed E-state index contributed by atoms with van der Waals surface area (Å²) < 4.78 is 5.42. The minimum absolute atomic E-state index is 0.103. The molecule has 1 aliphatic rings. The first kappa shape index (κ1) is 14.9. The van der Waals surface area contributed by atoms with E-state index in [0.717, 1.165) is 0 Å². The molecule has 0 N–H and O–H groups in total. The summed E-state index contributed by atoms with van der Waals surface area (Å²) in [6.07, 6.45) is 5.26. The minimum atomic E-state index is -1.12. The lowest BCUT2D eigenvalue weighted by atomic mass is 9.85. The molecular weight excluding hydrogens is 274 g/mol. The topological polar surface area (TPSA) is 86.5 Å². The van der Waals surface area contributed by atoms with E-state index in [1.165, 1.54) is 31.2 Å². The lowest BCUT2D eigenvalue weighted by Gasteiger charge is -2.31. The number of allylic oxidation sites excluding steroid dienone is 1. The molecule has 0 saturated carbocycles. The van der Waals surface area contributed by atoms with E-state index in [1.54, 1.807) is 0 Å². The van der Waals surface area contributed by atoms with Gasteiger partial charge in [-0.05, 0) is 31.9 Å². The molecule has 0 amide bonds. The van der Waals surface area contributed by atoms with E-state index in [0.29, 0.717) is 19.3 Å². The number of rotatable bonds is 4. The molecular formula is C15H15NO5. The molecule has 6 heteroatoms. The Morgan fingerprint density at radius 3 is 2.38 bits per heavy atom. The van der Waals surface area contributed by atoms with Crippen molar-refractivity contribution in [2.24, 2.45) is 0 Å². The third-order valence-corrected chi connectivity index (χ3v) is 3.57. The number of hydrogen-bond acceptors (Lipinski definition) is 5. The van der Waals surface area contributed by atoms with Crippen molar-refractivity contribution in [3.8, 4) is 0 Å². The van der Waals surface area contributed by atoms with Crippen molar-refractivity contribution >= 4 is 17.4 Å². The predicted molar refractivity (Wildman–Crippen MR) is 74.9 cm³/mol. The Morgan fingerprint density at radius 1 is 1.24 bits per heavy atom. The third kappa shape index (κ3) is 3.16. The maximum Gasteiger partial charge on any atom is 0.339 e. The van der Waals surface area contributed by atoms with Gasteiger partial charge in [-0.3, -0.25) is 14.9 Å². The fraction of sp³-hybridized carbons (Fsp3) is 0.333. The van der Waals surface area contributed by atoms with Gasteiger partial charge < -0.3 is 4.74 Å². The van der Waals surface area contributed by atoms with Crippen LogP contribution in [0.3, 0.4) is 0 Å². The normalized spacial score (nSPS) is 20.8. The second kappa shape index (κ2) is 5.87. The number of non-ortho nitro benzene ring substituents is 1. The number of carbonyl (C=O) groups is 2. The molecule has 110 valence electrons. The molecule has 0 radical (unpaired) electrons. The van der Waals surface area contributed by atoms with Crippen LogP contribution in [0.25, 0.3) is 0 Å². The van der Waals surface area contributed by atoms with Gasteiger partial charge in [0, 0.05) is 18.6 Å². The van der Waals surface area contributed by atoms with Crippen LogP contribution in [-0.4, -0.2) is 22.3 Å². The Hall–Kier alpha value is -2.50. The first-order valence-corrected chi connectivity index (χ1v) is 6.58. The third-order valence-electron chi connectivity index (χ3n) is 3.57. The van der Waals surface area contributed by atoms with Crippen LogP contribution in [0.2, 0.25) is 0 Å². The maximum absolute atomic E-state index is 12.1. The fourth-order valence-corrected chi connectivity index (χ4v) is 2.25. The Balaban J connectivity index is 2.17. The number of carbonyl (C=O) groups excluding carboxylic acids is 2. The first-order chi connectivity index (χ1) is 9.94. The first-order valence-electron chi connectivity index (χ1n) is 6.58. The van der Waals surface area contributed by atoms with Crippen molar-refractivity contribution in [2.45, 2.75) is 31.8 Å². The van der Waals surface area contributed by atoms with Crippen LogP contribution in [0.4, 0.5) is 5.69 Å². The van der Waals surface area contributed by atoms with E-state index in [4.69, 9.17) is 4.74 Å². The number of nitro benzene ring substituents is 1. The van der Waals surface area contributed by atoms with Crippen LogP contribution < -0.4 is 0 Å². The monoisotopic (exact) mass is 289 g/mol. The number of ketones is 1. The molecule has 0 aromatic heterocycles. The van der Waals surface area contributed by atoms with Crippen molar-refractivity contribution in [1.82, 2.24) is 0 Å². The van der Waals surface area contributed by atoms with Gasteiger partial charge in [-0.25, -0.2) is 4.79 Å². The molecule has 0 aliphatic heterocycles. The molecule has 6 nitrogen and oxygen atoms in total. The summed E-state index contributed by atoms with van der Waals surface area (Å²) in [7, 11) is 0. The second-order valence-electron chi connectivity index (χ2n) is 4.96. The zero-order chi connectivity index (χ0) is 15.5. The molecule has 0 fully saturated rings. The van der Waals surface area contributed by atoms with Crippen molar-refractivity contribution in [3.63, 3.8) is 0 Å². The zero-order valence-electron chi connectivity index (χ0n) is 11.6. The van der Waals surface area contributed by atoms with E-state index in [9.17, 15) is 19.7 Å². The smallest absolute Gasteiger partial charge is 0.339 e. The summed E-state index contributed by atoms with van der Waals surface area (Å²) in [6.45, 7) is 1.41. The van der Waals surface area contributed by atoms with Gasteiger partial charge >= 0.3 is 5.97 Å². The van der Waals surface area contributed by atoms with E-state index in [-0.39, 0.29) is 17.0 Å². The summed E-state index contributed by atoms with van der Waals surface area (Å²) in [5, 5.41) is 10.6. The minimum Gasteiger partial charge on any atom is -0.447 e. The molecule has 0 heterocycles. The lowest BCUT2D eigenvalue weighted by Crippen LogP contribution is -2.42. The average Bonchev–Trinajstić information content (AvgIpc) is 2.48. The van der Waals surface area contributed by atoms with Crippen LogP contribution >= 0.6 is 0 Å². The van der Waals surface area contributed by atoms with Gasteiger partial charge in [0.2, 0.25) is 0 Å². The summed E-state index contributed by atoms with van der Waals surface area (Å²) in [5.74, 6) is -0.836. The highest BCUT2D eigenvalue weighted by atomic mass is 16.6. The van der Waals surface area contributed by atoms with Crippen LogP contribution in [0.15, 0.2) is 36.4 Å². The van der Waals surface area contributed by atoms with Crippen molar-refractivity contribution in [3.05, 3.63) is 52.1 Å². The lowest BCUT2D eigenvalue weighted by molar-refractivity contribution is -0.384. The van der Waals surface area contributed by atoms with Crippen molar-refractivity contribution in [1.29, 1.82) is 0 Å². The molecule has 0 bridgehead atoms. The summed E-state index contributed by atoms with van der Waals surface area (Å²) in [6, 6.07) is 5.12.